The first-order valence-electron chi connectivity index (χ1n) is 7.97. The van der Waals surface area contributed by atoms with Crippen molar-refractivity contribution < 1.29 is 14.4 Å². The lowest BCUT2D eigenvalue weighted by molar-refractivity contribution is -0.119. The molecule has 2 saturated heterocycles. The van der Waals surface area contributed by atoms with Crippen LogP contribution in [0.5, 0.6) is 0 Å². The number of amides is 4. The Labute approximate surface area is 140 Å². The fourth-order valence-electron chi connectivity index (χ4n) is 3.39. The summed E-state index contributed by atoms with van der Waals surface area (Å²) >= 11 is 0. The summed E-state index contributed by atoms with van der Waals surface area (Å²) < 4.78 is 0. The minimum Gasteiger partial charge on any atom is -0.355 e. The maximum Gasteiger partial charge on any atom is 0.317 e. The van der Waals surface area contributed by atoms with Crippen LogP contribution in [0.3, 0.4) is 0 Å². The number of hydrogen-bond donors (Lipinski definition) is 2. The zero-order chi connectivity index (χ0) is 17.2. The van der Waals surface area contributed by atoms with Gasteiger partial charge >= 0.3 is 6.03 Å². The molecule has 2 fully saturated rings. The minimum absolute atomic E-state index is 0.0426. The van der Waals surface area contributed by atoms with Gasteiger partial charge in [0.2, 0.25) is 5.91 Å². The van der Waals surface area contributed by atoms with Crippen LogP contribution in [-0.4, -0.2) is 72.4 Å². The molecule has 3 heterocycles. The molecule has 4 amide bonds. The standard InChI is InChI=1S/C16H21N5O3/c1-17-15(24)21-7-6-20(14(23)12-4-2-3-5-18-12)10-16(11-21)8-13(22)19-9-16/h2-5H,6-11H2,1H3,(H,17,24)(H,19,22). The van der Waals surface area contributed by atoms with Crippen molar-refractivity contribution in [3.05, 3.63) is 30.1 Å². The van der Waals surface area contributed by atoms with E-state index in [0.29, 0.717) is 44.8 Å². The summed E-state index contributed by atoms with van der Waals surface area (Å²) in [7, 11) is 1.58. The van der Waals surface area contributed by atoms with Gasteiger partial charge in [0.05, 0.1) is 0 Å². The molecule has 128 valence electrons. The SMILES string of the molecule is CNC(=O)N1CCN(C(=O)c2ccccn2)CC2(CNC(=O)C2)C1. The number of rotatable bonds is 1. The van der Waals surface area contributed by atoms with E-state index in [1.807, 2.05) is 0 Å². The molecule has 1 aromatic heterocycles. The van der Waals surface area contributed by atoms with Crippen molar-refractivity contribution >= 4 is 17.8 Å². The second kappa shape index (κ2) is 6.46. The summed E-state index contributed by atoms with van der Waals surface area (Å²) in [5.74, 6) is -0.216. The maximum absolute atomic E-state index is 12.8. The van der Waals surface area contributed by atoms with E-state index in [2.05, 4.69) is 15.6 Å². The fourth-order valence-corrected chi connectivity index (χ4v) is 3.39. The summed E-state index contributed by atoms with van der Waals surface area (Å²) in [4.78, 5) is 44.1. The lowest BCUT2D eigenvalue weighted by Gasteiger charge is -2.32. The van der Waals surface area contributed by atoms with Crippen molar-refractivity contribution in [1.82, 2.24) is 25.4 Å². The van der Waals surface area contributed by atoms with Crippen molar-refractivity contribution in [3.8, 4) is 0 Å². The van der Waals surface area contributed by atoms with Crippen molar-refractivity contribution in [1.29, 1.82) is 0 Å². The Morgan fingerprint density at radius 2 is 2.00 bits per heavy atom. The minimum atomic E-state index is -0.454. The molecule has 1 atom stereocenters. The van der Waals surface area contributed by atoms with E-state index in [-0.39, 0.29) is 17.8 Å². The van der Waals surface area contributed by atoms with E-state index in [1.165, 1.54) is 0 Å². The third kappa shape index (κ3) is 3.17. The van der Waals surface area contributed by atoms with Gasteiger partial charge in [0, 0.05) is 57.8 Å². The molecule has 0 aromatic carbocycles. The number of pyridine rings is 1. The third-order valence-corrected chi connectivity index (χ3v) is 4.56. The second-order valence-electron chi connectivity index (χ2n) is 6.37. The van der Waals surface area contributed by atoms with Crippen LogP contribution in [0.1, 0.15) is 16.9 Å². The van der Waals surface area contributed by atoms with Crippen molar-refractivity contribution in [3.63, 3.8) is 0 Å². The number of nitrogens with one attached hydrogen (secondary N) is 2. The van der Waals surface area contributed by atoms with Gasteiger partial charge < -0.3 is 20.4 Å². The largest absolute Gasteiger partial charge is 0.355 e. The Kier molecular flexibility index (Phi) is 4.37. The molecule has 8 nitrogen and oxygen atoms in total. The number of urea groups is 1. The van der Waals surface area contributed by atoms with Crippen LogP contribution in [-0.2, 0) is 4.79 Å². The second-order valence-corrected chi connectivity index (χ2v) is 6.37. The molecular weight excluding hydrogens is 310 g/mol. The molecule has 0 aliphatic carbocycles. The van der Waals surface area contributed by atoms with E-state index in [0.717, 1.165) is 0 Å². The summed E-state index contributed by atoms with van der Waals surface area (Å²) in [5.41, 5.74) is -0.0804. The van der Waals surface area contributed by atoms with Gasteiger partial charge in [0.25, 0.3) is 5.91 Å². The molecule has 2 aliphatic rings. The molecule has 0 bridgehead atoms. The lowest BCUT2D eigenvalue weighted by Crippen LogP contribution is -2.47. The molecule has 8 heteroatoms. The zero-order valence-electron chi connectivity index (χ0n) is 13.6. The molecule has 1 spiro atoms. The van der Waals surface area contributed by atoms with Gasteiger partial charge in [-0.15, -0.1) is 0 Å². The van der Waals surface area contributed by atoms with Crippen LogP contribution in [0, 0.1) is 5.41 Å². The van der Waals surface area contributed by atoms with Gasteiger partial charge in [-0.05, 0) is 12.1 Å². The van der Waals surface area contributed by atoms with Gasteiger partial charge in [-0.3, -0.25) is 14.6 Å². The van der Waals surface area contributed by atoms with Crippen LogP contribution in [0.25, 0.3) is 0 Å². The molecule has 2 N–H and O–H groups in total. The van der Waals surface area contributed by atoms with Gasteiger partial charge in [-0.2, -0.15) is 0 Å². The smallest absolute Gasteiger partial charge is 0.317 e. The van der Waals surface area contributed by atoms with Crippen LogP contribution >= 0.6 is 0 Å². The third-order valence-electron chi connectivity index (χ3n) is 4.56. The quantitative estimate of drug-likeness (QED) is 0.738. The van der Waals surface area contributed by atoms with E-state index in [1.54, 1.807) is 41.2 Å². The normalized spacial score (nSPS) is 23.8. The highest BCUT2D eigenvalue weighted by Crippen LogP contribution is 2.31. The average Bonchev–Trinajstić information content (AvgIpc) is 2.85. The Morgan fingerprint density at radius 3 is 2.62 bits per heavy atom. The van der Waals surface area contributed by atoms with Crippen molar-refractivity contribution in [2.24, 2.45) is 5.41 Å². The maximum atomic E-state index is 12.8. The zero-order valence-corrected chi connectivity index (χ0v) is 13.6. The highest BCUT2D eigenvalue weighted by molar-refractivity contribution is 5.92. The van der Waals surface area contributed by atoms with Crippen molar-refractivity contribution in [2.45, 2.75) is 6.42 Å². The summed E-state index contributed by atoms with van der Waals surface area (Å²) in [5, 5.41) is 5.46. The molecule has 1 unspecified atom stereocenters. The Bertz CT molecular complexity index is 650. The Hall–Kier alpha value is -2.64. The highest BCUT2D eigenvalue weighted by Gasteiger charge is 2.44. The molecular formula is C16H21N5O3. The van der Waals surface area contributed by atoms with E-state index < -0.39 is 5.41 Å². The average molecular weight is 331 g/mol. The molecule has 0 radical (unpaired) electrons. The highest BCUT2D eigenvalue weighted by atomic mass is 16.2. The molecule has 0 saturated carbocycles. The number of carbonyl (C=O) groups is 3. The molecule has 2 aliphatic heterocycles. The Balaban J connectivity index is 1.85. The van der Waals surface area contributed by atoms with E-state index in [9.17, 15) is 14.4 Å². The number of aromatic nitrogens is 1. The summed E-state index contributed by atoms with van der Waals surface area (Å²) in [6.07, 6.45) is 1.89. The summed E-state index contributed by atoms with van der Waals surface area (Å²) in [6, 6.07) is 5.01. The van der Waals surface area contributed by atoms with Crippen LogP contribution in [0.4, 0.5) is 4.79 Å². The molecule has 3 rings (SSSR count). The topological polar surface area (TPSA) is 94.6 Å². The predicted octanol–water partition coefficient (Wildman–Crippen LogP) is -0.315. The first kappa shape index (κ1) is 16.2. The first-order chi connectivity index (χ1) is 11.5. The van der Waals surface area contributed by atoms with E-state index in [4.69, 9.17) is 0 Å². The lowest BCUT2D eigenvalue weighted by atomic mass is 9.86. The monoisotopic (exact) mass is 331 g/mol. The predicted molar refractivity (Wildman–Crippen MR) is 86.2 cm³/mol. The first-order valence-corrected chi connectivity index (χ1v) is 7.97. The fraction of sp³-hybridized carbons (Fsp3) is 0.500. The van der Waals surface area contributed by atoms with Crippen LogP contribution in [0.2, 0.25) is 0 Å². The van der Waals surface area contributed by atoms with Gasteiger partial charge in [0.15, 0.2) is 0 Å². The van der Waals surface area contributed by atoms with Gasteiger partial charge in [0.1, 0.15) is 5.69 Å². The summed E-state index contributed by atoms with van der Waals surface area (Å²) in [6.45, 7) is 2.17. The number of nitrogens with zero attached hydrogens (tertiary/aromatic N) is 3. The van der Waals surface area contributed by atoms with Gasteiger partial charge in [-0.1, -0.05) is 6.07 Å². The number of hydrogen-bond acceptors (Lipinski definition) is 4. The number of carbonyl (C=O) groups excluding carboxylic acids is 3. The van der Waals surface area contributed by atoms with Crippen LogP contribution in [0.15, 0.2) is 24.4 Å². The van der Waals surface area contributed by atoms with Crippen LogP contribution < -0.4 is 10.6 Å². The molecule has 24 heavy (non-hydrogen) atoms. The van der Waals surface area contributed by atoms with Gasteiger partial charge in [-0.25, -0.2) is 4.79 Å². The van der Waals surface area contributed by atoms with Crippen molar-refractivity contribution in [2.75, 3.05) is 39.8 Å². The van der Waals surface area contributed by atoms with E-state index >= 15 is 0 Å². The Morgan fingerprint density at radius 1 is 1.25 bits per heavy atom. The molecule has 1 aromatic rings.